The molecular formula is C45H76O17P2. The highest BCUT2D eigenvalue weighted by atomic mass is 31.2. The van der Waals surface area contributed by atoms with E-state index >= 15 is 0 Å². The van der Waals surface area contributed by atoms with Crippen LogP contribution in [0.5, 0.6) is 0 Å². The van der Waals surface area contributed by atoms with E-state index in [4.69, 9.17) is 28.3 Å². The van der Waals surface area contributed by atoms with Crippen LogP contribution in [0.2, 0.25) is 0 Å². The molecule has 5 unspecified atom stereocenters. The number of ether oxygens (including phenoxy) is 2. The lowest BCUT2D eigenvalue weighted by Crippen LogP contribution is -2.64. The first-order valence-electron chi connectivity index (χ1n) is 22.6. The van der Waals surface area contributed by atoms with Gasteiger partial charge in [-0.1, -0.05) is 125 Å². The van der Waals surface area contributed by atoms with E-state index in [2.05, 4.69) is 29.7 Å². The smallest absolute Gasteiger partial charge is 0.462 e. The van der Waals surface area contributed by atoms with E-state index in [1.165, 1.54) is 25.7 Å². The van der Waals surface area contributed by atoms with E-state index in [-0.39, 0.29) is 12.8 Å². The van der Waals surface area contributed by atoms with Crippen molar-refractivity contribution in [3.05, 3.63) is 72.9 Å². The molecule has 64 heavy (non-hydrogen) atoms. The van der Waals surface area contributed by atoms with Crippen LogP contribution in [0.15, 0.2) is 72.9 Å². The summed E-state index contributed by atoms with van der Waals surface area (Å²) in [5.41, 5.74) is 0. The third-order valence-corrected chi connectivity index (χ3v) is 11.4. The molecule has 0 radical (unpaired) electrons. The molecule has 1 fully saturated rings. The number of phosphoric ester groups is 2. The summed E-state index contributed by atoms with van der Waals surface area (Å²) >= 11 is 0. The molecule has 19 heteroatoms. The zero-order valence-corrected chi connectivity index (χ0v) is 39.3. The van der Waals surface area contributed by atoms with E-state index in [0.717, 1.165) is 51.4 Å². The maximum Gasteiger partial charge on any atom is 0.472 e. The summed E-state index contributed by atoms with van der Waals surface area (Å²) in [6, 6.07) is 0. The van der Waals surface area contributed by atoms with E-state index in [0.29, 0.717) is 32.1 Å². The van der Waals surface area contributed by atoms with Gasteiger partial charge in [-0.15, -0.1) is 0 Å². The Morgan fingerprint density at radius 3 is 1.70 bits per heavy atom. The largest absolute Gasteiger partial charge is 0.472 e. The van der Waals surface area contributed by atoms with Crippen LogP contribution in [-0.4, -0.2) is 114 Å². The molecule has 0 amide bonds. The summed E-state index contributed by atoms with van der Waals surface area (Å²) in [7, 11) is -10.7. The van der Waals surface area contributed by atoms with Gasteiger partial charge in [-0.3, -0.25) is 23.2 Å². The topological polar surface area (TPSA) is 276 Å². The van der Waals surface area contributed by atoms with Gasteiger partial charge in [-0.2, -0.15) is 0 Å². The minimum Gasteiger partial charge on any atom is -0.462 e. The Morgan fingerprint density at radius 1 is 0.578 bits per heavy atom. The average molecular weight is 951 g/mol. The number of rotatable bonds is 36. The van der Waals surface area contributed by atoms with Crippen molar-refractivity contribution in [2.24, 2.45) is 0 Å². The SMILES string of the molecule is CCCCCC/C=C\CCCCCCCC(=O)OC[C@H](COP(=O)(O)O[C@H]1C(O)C(O)C(O)[C@@H](OP(=O)(O)O)C1O)OC(=O)CCC/C=C\C/C=C\C/C=C\C/C=C\C=C\[C@H](O)CC. The average Bonchev–Trinajstić information content (AvgIpc) is 3.25. The number of carbonyl (C=O) groups is 2. The summed E-state index contributed by atoms with van der Waals surface area (Å²) in [4.78, 5) is 54.1. The summed E-state index contributed by atoms with van der Waals surface area (Å²) < 4.78 is 49.2. The predicted molar refractivity (Wildman–Crippen MR) is 242 cm³/mol. The fraction of sp³-hybridized carbons (Fsp3) is 0.689. The number of allylic oxidation sites excluding steroid dienone is 11. The molecule has 368 valence electrons. The van der Waals surface area contributed by atoms with E-state index in [1.54, 1.807) is 6.08 Å². The number of carbonyl (C=O) groups excluding carboxylic acids is 2. The normalized spacial score (nSPS) is 23.0. The molecule has 0 heterocycles. The Kier molecular flexibility index (Phi) is 33.0. The number of hydrogen-bond donors (Lipinski definition) is 8. The van der Waals surface area contributed by atoms with Crippen molar-refractivity contribution in [2.75, 3.05) is 13.2 Å². The van der Waals surface area contributed by atoms with Crippen LogP contribution in [0, 0.1) is 0 Å². The lowest BCUT2D eigenvalue weighted by atomic mass is 9.85. The van der Waals surface area contributed by atoms with Gasteiger partial charge in [0.05, 0.1) is 12.7 Å². The quantitative estimate of drug-likeness (QED) is 0.0103. The van der Waals surface area contributed by atoms with Crippen LogP contribution in [0.1, 0.15) is 136 Å². The number of unbranched alkanes of at least 4 members (excludes halogenated alkanes) is 10. The summed E-state index contributed by atoms with van der Waals surface area (Å²) in [5, 5.41) is 50.7. The Labute approximate surface area is 379 Å². The van der Waals surface area contributed by atoms with Crippen molar-refractivity contribution in [1.82, 2.24) is 0 Å². The Balaban J connectivity index is 2.68. The molecule has 9 atom stereocenters. The standard InChI is InChI=1S/C45H76O17P2/c1-3-5-6-7-8-9-10-13-17-20-23-26-29-32-38(47)58-34-37(35-59-64(56,57)62-45-42(51)40(49)41(50)44(43(45)52)61-63(53,54)55)60-39(48)33-30-27-24-21-18-15-12-11-14-16-19-22-25-28-31-36(46)4-2/h9-10,12,14-16,21-22,24-25,28,31,36-37,40-46,49-52H,3-8,11,13,17-20,23,26-27,29-30,32-35H2,1-2H3,(H,56,57)(H2,53,54,55)/b10-9-,15-12-,16-14-,24-21-,25-22-,31-28+/t36-,37-,40?,41?,42?,43?,44-,45+/m1/s1. The summed E-state index contributed by atoms with van der Waals surface area (Å²) in [5.74, 6) is -1.31. The van der Waals surface area contributed by atoms with Crippen LogP contribution in [0.4, 0.5) is 0 Å². The first-order chi connectivity index (χ1) is 30.5. The molecule has 1 rings (SSSR count). The van der Waals surface area contributed by atoms with E-state index in [9.17, 15) is 49.1 Å². The Morgan fingerprint density at radius 2 is 1.09 bits per heavy atom. The monoisotopic (exact) mass is 950 g/mol. The Hall–Kier alpha value is -2.60. The third-order valence-electron chi connectivity index (χ3n) is 9.92. The lowest BCUT2D eigenvalue weighted by Gasteiger charge is -2.43. The molecule has 0 spiro atoms. The van der Waals surface area contributed by atoms with Crippen molar-refractivity contribution in [3.8, 4) is 0 Å². The first-order valence-corrected chi connectivity index (χ1v) is 25.6. The van der Waals surface area contributed by atoms with Crippen molar-refractivity contribution in [2.45, 2.75) is 185 Å². The zero-order chi connectivity index (χ0) is 47.6. The van der Waals surface area contributed by atoms with Gasteiger partial charge in [0, 0.05) is 12.8 Å². The number of esters is 2. The molecule has 0 aromatic carbocycles. The summed E-state index contributed by atoms with van der Waals surface area (Å²) in [6.07, 6.45) is 23.9. The molecule has 17 nitrogen and oxygen atoms in total. The van der Waals surface area contributed by atoms with Gasteiger partial charge in [-0.25, -0.2) is 9.13 Å². The van der Waals surface area contributed by atoms with Gasteiger partial charge in [0.25, 0.3) is 0 Å². The molecule has 1 aliphatic carbocycles. The van der Waals surface area contributed by atoms with Gasteiger partial charge >= 0.3 is 27.6 Å². The second-order valence-electron chi connectivity index (χ2n) is 15.6. The fourth-order valence-electron chi connectivity index (χ4n) is 6.24. The van der Waals surface area contributed by atoms with Crippen molar-refractivity contribution in [3.63, 3.8) is 0 Å². The highest BCUT2D eigenvalue weighted by Crippen LogP contribution is 2.49. The molecule has 0 aromatic rings. The van der Waals surface area contributed by atoms with Crippen molar-refractivity contribution < 1.29 is 82.0 Å². The fourth-order valence-corrected chi connectivity index (χ4v) is 7.78. The zero-order valence-electron chi connectivity index (χ0n) is 37.5. The van der Waals surface area contributed by atoms with Gasteiger partial charge in [0.1, 0.15) is 43.2 Å². The lowest BCUT2D eigenvalue weighted by molar-refractivity contribution is -0.216. The molecular weight excluding hydrogens is 874 g/mol. The van der Waals surface area contributed by atoms with E-state index < -0.39 is 89.6 Å². The molecule has 8 N–H and O–H groups in total. The molecule has 0 saturated heterocycles. The second-order valence-corrected chi connectivity index (χ2v) is 18.2. The van der Waals surface area contributed by atoms with Gasteiger partial charge in [0.2, 0.25) is 0 Å². The van der Waals surface area contributed by atoms with Crippen LogP contribution in [0.3, 0.4) is 0 Å². The van der Waals surface area contributed by atoms with Gasteiger partial charge in [-0.05, 0) is 70.6 Å². The van der Waals surface area contributed by atoms with E-state index in [1.807, 2.05) is 55.5 Å². The first kappa shape index (κ1) is 59.4. The summed E-state index contributed by atoms with van der Waals surface area (Å²) in [6.45, 7) is 2.69. The molecule has 0 aliphatic heterocycles. The number of aliphatic hydroxyl groups is 5. The van der Waals surface area contributed by atoms with Gasteiger partial charge < -0.3 is 49.7 Å². The maximum absolute atomic E-state index is 13.0. The van der Waals surface area contributed by atoms with Gasteiger partial charge in [0.15, 0.2) is 6.10 Å². The predicted octanol–water partition coefficient (Wildman–Crippen LogP) is 7.03. The molecule has 0 aromatic heterocycles. The number of hydrogen-bond acceptors (Lipinski definition) is 14. The van der Waals surface area contributed by atoms with Crippen molar-refractivity contribution in [1.29, 1.82) is 0 Å². The molecule has 1 aliphatic rings. The highest BCUT2D eigenvalue weighted by molar-refractivity contribution is 7.47. The number of aliphatic hydroxyl groups excluding tert-OH is 5. The van der Waals surface area contributed by atoms with Crippen LogP contribution in [0.25, 0.3) is 0 Å². The minimum absolute atomic E-state index is 0.0531. The molecule has 0 bridgehead atoms. The maximum atomic E-state index is 13.0. The highest BCUT2D eigenvalue weighted by Gasteiger charge is 2.54. The minimum atomic E-state index is -5.38. The number of phosphoric acid groups is 2. The Bertz CT molecular complexity index is 1540. The van der Waals surface area contributed by atoms with Crippen LogP contribution >= 0.6 is 15.6 Å². The third kappa shape index (κ3) is 29.8. The molecule has 1 saturated carbocycles. The van der Waals surface area contributed by atoms with Crippen LogP contribution < -0.4 is 0 Å². The van der Waals surface area contributed by atoms with Crippen molar-refractivity contribution >= 4 is 27.6 Å². The van der Waals surface area contributed by atoms with Crippen LogP contribution in [-0.2, 0) is 41.8 Å². The second kappa shape index (κ2) is 35.6.